The Hall–Kier alpha value is -2.74. The zero-order valence-electron chi connectivity index (χ0n) is 15.6. The molecule has 0 fully saturated rings. The van der Waals surface area contributed by atoms with Crippen molar-refractivity contribution in [3.63, 3.8) is 0 Å². The third kappa shape index (κ3) is 4.39. The van der Waals surface area contributed by atoms with E-state index in [-0.39, 0.29) is 11.7 Å². The van der Waals surface area contributed by atoms with Crippen molar-refractivity contribution in [2.75, 3.05) is 18.2 Å². The highest BCUT2D eigenvalue weighted by molar-refractivity contribution is 7.98. The fourth-order valence-electron chi connectivity index (χ4n) is 2.94. The lowest BCUT2D eigenvalue weighted by molar-refractivity contribution is -0.114. The molecule has 0 radical (unpaired) electrons. The summed E-state index contributed by atoms with van der Waals surface area (Å²) in [5.74, 6) is -0.137. The van der Waals surface area contributed by atoms with E-state index in [9.17, 15) is 13.6 Å². The predicted octanol–water partition coefficient (Wildman–Crippen LogP) is 4.79. The van der Waals surface area contributed by atoms with Crippen LogP contribution >= 0.6 is 11.8 Å². The minimum Gasteiger partial charge on any atom is -0.318 e. The number of carbonyl (C=O) groups is 1. The average Bonchev–Trinajstić information content (AvgIpc) is 3.05. The first-order valence-electron chi connectivity index (χ1n) is 8.74. The number of pyridine rings is 1. The lowest BCUT2D eigenvalue weighted by Gasteiger charge is -2.12. The summed E-state index contributed by atoms with van der Waals surface area (Å²) in [6.45, 7) is 1.43. The molecule has 0 bridgehead atoms. The van der Waals surface area contributed by atoms with Crippen LogP contribution in [0.2, 0.25) is 0 Å². The highest BCUT2D eigenvalue weighted by Gasteiger charge is 2.20. The molecule has 1 N–H and O–H groups in total. The third-order valence-electron chi connectivity index (χ3n) is 4.09. The molecule has 0 saturated carbocycles. The molecule has 2 aromatic heterocycles. The molecule has 2 heterocycles. The van der Waals surface area contributed by atoms with Gasteiger partial charge in [-0.05, 0) is 49.1 Å². The number of amides is 1. The monoisotopic (exact) mass is 402 g/mol. The number of nitrogens with one attached hydrogen (secondary N) is 1. The van der Waals surface area contributed by atoms with Crippen LogP contribution in [0.25, 0.3) is 22.5 Å². The minimum atomic E-state index is -0.440. The molecule has 1 amide bonds. The second-order valence-electron chi connectivity index (χ2n) is 6.11. The van der Waals surface area contributed by atoms with E-state index in [4.69, 9.17) is 4.98 Å². The summed E-state index contributed by atoms with van der Waals surface area (Å²) < 4.78 is 28.2. The molecule has 146 valence electrons. The van der Waals surface area contributed by atoms with Gasteiger partial charge in [0.15, 0.2) is 5.16 Å². The summed E-state index contributed by atoms with van der Waals surface area (Å²) in [6.07, 6.45) is 3.85. The maximum absolute atomic E-state index is 13.4. The fourth-order valence-corrected chi connectivity index (χ4v) is 3.53. The maximum atomic E-state index is 13.4. The normalized spacial score (nSPS) is 10.9. The Labute approximate surface area is 166 Å². The first kappa shape index (κ1) is 20.0. The van der Waals surface area contributed by atoms with E-state index in [1.54, 1.807) is 24.4 Å². The maximum Gasteiger partial charge on any atom is 0.222 e. The molecule has 0 aliphatic heterocycles. The van der Waals surface area contributed by atoms with Crippen LogP contribution in [0.1, 0.15) is 13.3 Å². The van der Waals surface area contributed by atoms with E-state index in [1.807, 2.05) is 16.9 Å². The van der Waals surface area contributed by atoms with Crippen molar-refractivity contribution in [3.8, 4) is 22.5 Å². The van der Waals surface area contributed by atoms with Crippen LogP contribution in [0, 0.1) is 5.82 Å². The van der Waals surface area contributed by atoms with Crippen molar-refractivity contribution in [1.82, 2.24) is 14.5 Å². The van der Waals surface area contributed by atoms with E-state index in [0.717, 1.165) is 22.0 Å². The van der Waals surface area contributed by atoms with Gasteiger partial charge in [-0.15, -0.1) is 0 Å². The van der Waals surface area contributed by atoms with E-state index in [0.29, 0.717) is 24.5 Å². The van der Waals surface area contributed by atoms with Gasteiger partial charge in [-0.2, -0.15) is 0 Å². The zero-order chi connectivity index (χ0) is 20.1. The van der Waals surface area contributed by atoms with Crippen LogP contribution in [0.4, 0.5) is 14.6 Å². The molecule has 8 heteroatoms. The largest absolute Gasteiger partial charge is 0.318 e. The SMILES string of the molecule is CSc1nc(-c2ccc(F)cc2)c(-c2ccnc(NC(C)=O)c2)n1CCCF. The van der Waals surface area contributed by atoms with Crippen molar-refractivity contribution in [2.45, 2.75) is 25.0 Å². The Balaban J connectivity index is 2.19. The molecule has 0 aliphatic carbocycles. The second-order valence-corrected chi connectivity index (χ2v) is 6.88. The van der Waals surface area contributed by atoms with Gasteiger partial charge in [0.25, 0.3) is 0 Å². The van der Waals surface area contributed by atoms with Crippen LogP contribution in [-0.4, -0.2) is 33.4 Å². The zero-order valence-corrected chi connectivity index (χ0v) is 16.4. The molecule has 0 aliphatic rings. The van der Waals surface area contributed by atoms with Crippen LogP contribution in [0.15, 0.2) is 47.8 Å². The topological polar surface area (TPSA) is 59.8 Å². The first-order valence-corrected chi connectivity index (χ1v) is 9.96. The van der Waals surface area contributed by atoms with Gasteiger partial charge < -0.3 is 9.88 Å². The number of rotatable bonds is 7. The minimum absolute atomic E-state index is 0.223. The lowest BCUT2D eigenvalue weighted by atomic mass is 10.1. The summed E-state index contributed by atoms with van der Waals surface area (Å²) in [6, 6.07) is 9.66. The van der Waals surface area contributed by atoms with Gasteiger partial charge in [0.1, 0.15) is 11.6 Å². The summed E-state index contributed by atoms with van der Waals surface area (Å²) >= 11 is 1.46. The number of nitrogens with zero attached hydrogens (tertiary/aromatic N) is 3. The number of alkyl halides is 1. The fraction of sp³-hybridized carbons (Fsp3) is 0.250. The van der Waals surface area contributed by atoms with Gasteiger partial charge in [0, 0.05) is 30.8 Å². The Kier molecular flexibility index (Phi) is 6.41. The van der Waals surface area contributed by atoms with E-state index in [1.165, 1.54) is 30.8 Å². The molecule has 3 aromatic rings. The quantitative estimate of drug-likeness (QED) is 0.577. The molecule has 3 rings (SSSR count). The summed E-state index contributed by atoms with van der Waals surface area (Å²) in [7, 11) is 0. The van der Waals surface area contributed by atoms with Gasteiger partial charge in [-0.1, -0.05) is 11.8 Å². The molecular weight excluding hydrogens is 382 g/mol. The Morgan fingerprint density at radius 1 is 1.21 bits per heavy atom. The number of halogens is 2. The Morgan fingerprint density at radius 3 is 2.61 bits per heavy atom. The Morgan fingerprint density at radius 2 is 1.96 bits per heavy atom. The number of hydrogen-bond donors (Lipinski definition) is 1. The molecule has 1 aromatic carbocycles. The van der Waals surface area contributed by atoms with Gasteiger partial charge >= 0.3 is 0 Å². The molecular formula is C20H20F2N4OS. The van der Waals surface area contributed by atoms with Crippen molar-refractivity contribution >= 4 is 23.5 Å². The van der Waals surface area contributed by atoms with E-state index >= 15 is 0 Å². The summed E-state index contributed by atoms with van der Waals surface area (Å²) in [5.41, 5.74) is 2.98. The predicted molar refractivity (Wildman–Crippen MR) is 108 cm³/mol. The molecule has 5 nitrogen and oxygen atoms in total. The number of imidazole rings is 1. The molecule has 0 atom stereocenters. The number of aromatic nitrogens is 3. The van der Waals surface area contributed by atoms with E-state index < -0.39 is 6.67 Å². The number of thioether (sulfide) groups is 1. The first-order chi connectivity index (χ1) is 13.5. The highest BCUT2D eigenvalue weighted by Crippen LogP contribution is 2.36. The van der Waals surface area contributed by atoms with Gasteiger partial charge in [-0.3, -0.25) is 9.18 Å². The van der Waals surface area contributed by atoms with Crippen molar-refractivity contribution in [2.24, 2.45) is 0 Å². The number of hydrogen-bond acceptors (Lipinski definition) is 4. The number of benzene rings is 1. The highest BCUT2D eigenvalue weighted by atomic mass is 32.2. The third-order valence-corrected chi connectivity index (χ3v) is 4.76. The van der Waals surface area contributed by atoms with E-state index in [2.05, 4.69) is 10.3 Å². The lowest BCUT2D eigenvalue weighted by Crippen LogP contribution is -2.08. The van der Waals surface area contributed by atoms with Gasteiger partial charge in [-0.25, -0.2) is 14.4 Å². The Bertz CT molecular complexity index is 973. The molecule has 0 saturated heterocycles. The van der Waals surface area contributed by atoms with Gasteiger partial charge in [0.2, 0.25) is 5.91 Å². The van der Waals surface area contributed by atoms with Crippen LogP contribution in [-0.2, 0) is 11.3 Å². The van der Waals surface area contributed by atoms with Gasteiger partial charge in [0.05, 0.1) is 18.1 Å². The second kappa shape index (κ2) is 8.97. The molecule has 0 unspecified atom stereocenters. The van der Waals surface area contributed by atoms with Crippen LogP contribution in [0.3, 0.4) is 0 Å². The van der Waals surface area contributed by atoms with Crippen LogP contribution < -0.4 is 5.32 Å². The molecule has 0 spiro atoms. The number of anilines is 1. The smallest absolute Gasteiger partial charge is 0.222 e. The average molecular weight is 402 g/mol. The summed E-state index contributed by atoms with van der Waals surface area (Å²) in [5, 5.41) is 3.41. The van der Waals surface area contributed by atoms with Crippen molar-refractivity contribution < 1.29 is 13.6 Å². The van der Waals surface area contributed by atoms with Crippen LogP contribution in [0.5, 0.6) is 0 Å². The number of carbonyl (C=O) groups excluding carboxylic acids is 1. The van der Waals surface area contributed by atoms with Crippen molar-refractivity contribution in [1.29, 1.82) is 0 Å². The summed E-state index contributed by atoms with van der Waals surface area (Å²) in [4.78, 5) is 20.3. The standard InChI is InChI=1S/C20H20F2N4OS/c1-13(27)24-17-12-15(8-10-23-17)19-18(14-4-6-16(22)7-5-14)25-20(28-2)26(19)11-3-9-21/h4-8,10,12H,3,9,11H2,1-2H3,(H,23,24,27). The van der Waals surface area contributed by atoms with Crippen molar-refractivity contribution in [3.05, 3.63) is 48.4 Å². The molecule has 28 heavy (non-hydrogen) atoms.